The molecule has 0 spiro atoms. The number of pyridine rings is 1. The fourth-order valence-corrected chi connectivity index (χ4v) is 2.39. The van der Waals surface area contributed by atoms with Crippen molar-refractivity contribution in [2.24, 2.45) is 0 Å². The Labute approximate surface area is 102 Å². The van der Waals surface area contributed by atoms with Gasteiger partial charge in [0.1, 0.15) is 5.69 Å². The van der Waals surface area contributed by atoms with Crippen LogP contribution in [0, 0.1) is 0 Å². The van der Waals surface area contributed by atoms with Crippen molar-refractivity contribution < 1.29 is 4.79 Å². The molecule has 92 valence electrons. The summed E-state index contributed by atoms with van der Waals surface area (Å²) in [4.78, 5) is 19.6. The zero-order valence-corrected chi connectivity index (χ0v) is 10.5. The summed E-state index contributed by atoms with van der Waals surface area (Å²) < 4.78 is 0. The molecular weight excluding hydrogens is 214 g/mol. The average Bonchev–Trinajstić information content (AvgIpc) is 2.39. The van der Waals surface area contributed by atoms with E-state index in [2.05, 4.69) is 28.9 Å². The molecular formula is C13H19N3O. The maximum atomic E-state index is 10.9. The first kappa shape index (κ1) is 12.0. The molecule has 1 aromatic heterocycles. The van der Waals surface area contributed by atoms with Crippen molar-refractivity contribution in [3.63, 3.8) is 0 Å². The number of aldehydes is 1. The average molecular weight is 233 g/mol. The van der Waals surface area contributed by atoms with Gasteiger partial charge < -0.3 is 9.80 Å². The van der Waals surface area contributed by atoms with Gasteiger partial charge in [0.15, 0.2) is 6.29 Å². The van der Waals surface area contributed by atoms with Crippen LogP contribution in [-0.2, 0) is 0 Å². The second kappa shape index (κ2) is 5.27. The van der Waals surface area contributed by atoms with Gasteiger partial charge in [-0.2, -0.15) is 0 Å². The fraction of sp³-hybridized carbons (Fsp3) is 0.538. The molecule has 0 aromatic carbocycles. The Bertz CT molecular complexity index is 384. The van der Waals surface area contributed by atoms with Crippen molar-refractivity contribution >= 4 is 12.0 Å². The molecule has 0 atom stereocenters. The summed E-state index contributed by atoms with van der Waals surface area (Å²) in [6, 6.07) is 4.52. The van der Waals surface area contributed by atoms with E-state index in [1.807, 2.05) is 12.1 Å². The van der Waals surface area contributed by atoms with E-state index >= 15 is 0 Å². The third-order valence-electron chi connectivity index (χ3n) is 3.46. The molecule has 2 rings (SSSR count). The highest BCUT2D eigenvalue weighted by Crippen LogP contribution is 2.22. The highest BCUT2D eigenvalue weighted by atomic mass is 16.1. The molecule has 0 N–H and O–H groups in total. The van der Waals surface area contributed by atoms with Crippen LogP contribution in [0.4, 0.5) is 5.69 Å². The largest absolute Gasteiger partial charge is 0.370 e. The molecule has 1 aromatic rings. The normalized spacial score (nSPS) is 17.5. The van der Waals surface area contributed by atoms with Gasteiger partial charge in [-0.1, -0.05) is 0 Å². The van der Waals surface area contributed by atoms with Crippen molar-refractivity contribution in [2.75, 3.05) is 32.1 Å². The lowest BCUT2D eigenvalue weighted by Crippen LogP contribution is -2.42. The number of rotatable bonds is 3. The first-order valence-corrected chi connectivity index (χ1v) is 6.04. The summed E-state index contributed by atoms with van der Waals surface area (Å²) in [6.45, 7) is 1.99. The summed E-state index contributed by atoms with van der Waals surface area (Å²) in [5, 5.41) is 0. The van der Waals surface area contributed by atoms with E-state index in [-0.39, 0.29) is 0 Å². The maximum absolute atomic E-state index is 10.9. The Balaban J connectivity index is 2.07. The number of aromatic nitrogens is 1. The SMILES string of the molecule is CN(C)C1CCN(c2cccnc2C=O)CC1. The second-order valence-corrected chi connectivity index (χ2v) is 4.71. The Morgan fingerprint density at radius 1 is 1.41 bits per heavy atom. The maximum Gasteiger partial charge on any atom is 0.170 e. The molecule has 1 saturated heterocycles. The van der Waals surface area contributed by atoms with Gasteiger partial charge in [-0.15, -0.1) is 0 Å². The van der Waals surface area contributed by atoms with Crippen LogP contribution in [-0.4, -0.2) is 49.4 Å². The van der Waals surface area contributed by atoms with Crippen LogP contribution in [0.25, 0.3) is 0 Å². The van der Waals surface area contributed by atoms with Crippen LogP contribution in [0.2, 0.25) is 0 Å². The fourth-order valence-electron chi connectivity index (χ4n) is 2.39. The Morgan fingerprint density at radius 3 is 2.71 bits per heavy atom. The quantitative estimate of drug-likeness (QED) is 0.740. The summed E-state index contributed by atoms with van der Waals surface area (Å²) in [7, 11) is 4.25. The molecule has 1 fully saturated rings. The molecule has 0 saturated carbocycles. The smallest absolute Gasteiger partial charge is 0.170 e. The first-order chi connectivity index (χ1) is 8.22. The van der Waals surface area contributed by atoms with Gasteiger partial charge in [0.2, 0.25) is 0 Å². The number of carbonyl (C=O) groups is 1. The van der Waals surface area contributed by atoms with Crippen molar-refractivity contribution in [2.45, 2.75) is 18.9 Å². The number of hydrogen-bond acceptors (Lipinski definition) is 4. The predicted octanol–water partition coefficient (Wildman–Crippen LogP) is 1.42. The van der Waals surface area contributed by atoms with Crippen molar-refractivity contribution in [3.05, 3.63) is 24.0 Å². The van der Waals surface area contributed by atoms with Gasteiger partial charge in [0, 0.05) is 25.3 Å². The van der Waals surface area contributed by atoms with Crippen LogP contribution in [0.5, 0.6) is 0 Å². The molecule has 17 heavy (non-hydrogen) atoms. The van der Waals surface area contributed by atoms with Crippen LogP contribution in [0.1, 0.15) is 23.3 Å². The molecule has 0 radical (unpaired) electrons. The second-order valence-electron chi connectivity index (χ2n) is 4.71. The lowest BCUT2D eigenvalue weighted by Gasteiger charge is -2.36. The minimum atomic E-state index is 0.552. The van der Waals surface area contributed by atoms with E-state index in [0.29, 0.717) is 11.7 Å². The third kappa shape index (κ3) is 2.64. The van der Waals surface area contributed by atoms with Gasteiger partial charge >= 0.3 is 0 Å². The Hall–Kier alpha value is -1.42. The molecule has 0 amide bonds. The molecule has 1 aliphatic heterocycles. The Kier molecular flexibility index (Phi) is 3.74. The summed E-state index contributed by atoms with van der Waals surface area (Å²) >= 11 is 0. The van der Waals surface area contributed by atoms with Gasteiger partial charge in [0.05, 0.1) is 5.69 Å². The lowest BCUT2D eigenvalue weighted by atomic mass is 10.0. The van der Waals surface area contributed by atoms with E-state index in [9.17, 15) is 4.79 Å². The monoisotopic (exact) mass is 233 g/mol. The minimum Gasteiger partial charge on any atom is -0.370 e. The first-order valence-electron chi connectivity index (χ1n) is 6.04. The van der Waals surface area contributed by atoms with E-state index < -0.39 is 0 Å². The van der Waals surface area contributed by atoms with Crippen molar-refractivity contribution in [3.8, 4) is 0 Å². The highest BCUT2D eigenvalue weighted by molar-refractivity contribution is 5.81. The van der Waals surface area contributed by atoms with Gasteiger partial charge in [-0.25, -0.2) is 0 Å². The zero-order chi connectivity index (χ0) is 12.3. The number of carbonyl (C=O) groups excluding carboxylic acids is 1. The Morgan fingerprint density at radius 2 is 2.12 bits per heavy atom. The van der Waals surface area contributed by atoms with Crippen molar-refractivity contribution in [1.82, 2.24) is 9.88 Å². The number of piperidine rings is 1. The standard InChI is InChI=1S/C13H19N3O/c1-15(2)11-5-8-16(9-6-11)13-4-3-7-14-12(13)10-17/h3-4,7,10-11H,5-6,8-9H2,1-2H3. The molecule has 0 unspecified atom stereocenters. The summed E-state index contributed by atoms with van der Waals surface area (Å²) in [5.41, 5.74) is 1.52. The van der Waals surface area contributed by atoms with Crippen LogP contribution in [0.3, 0.4) is 0 Å². The predicted molar refractivity (Wildman–Crippen MR) is 68.5 cm³/mol. The van der Waals surface area contributed by atoms with Crippen LogP contribution in [0.15, 0.2) is 18.3 Å². The zero-order valence-electron chi connectivity index (χ0n) is 10.5. The number of nitrogens with zero attached hydrogens (tertiary/aromatic N) is 3. The topological polar surface area (TPSA) is 36.4 Å². The van der Waals surface area contributed by atoms with Gasteiger partial charge in [0.25, 0.3) is 0 Å². The number of hydrogen-bond donors (Lipinski definition) is 0. The lowest BCUT2D eigenvalue weighted by molar-refractivity contribution is 0.111. The molecule has 2 heterocycles. The summed E-state index contributed by atoms with van der Waals surface area (Å²) in [5.74, 6) is 0. The van der Waals surface area contributed by atoms with E-state index in [0.717, 1.165) is 37.9 Å². The van der Waals surface area contributed by atoms with E-state index in [1.54, 1.807) is 6.20 Å². The third-order valence-corrected chi connectivity index (χ3v) is 3.46. The number of anilines is 1. The molecule has 4 nitrogen and oxygen atoms in total. The van der Waals surface area contributed by atoms with Gasteiger partial charge in [-0.3, -0.25) is 9.78 Å². The summed E-state index contributed by atoms with van der Waals surface area (Å²) in [6.07, 6.45) is 4.79. The molecule has 0 aliphatic carbocycles. The molecule has 1 aliphatic rings. The van der Waals surface area contributed by atoms with E-state index in [4.69, 9.17) is 0 Å². The van der Waals surface area contributed by atoms with Crippen molar-refractivity contribution in [1.29, 1.82) is 0 Å². The highest BCUT2D eigenvalue weighted by Gasteiger charge is 2.22. The minimum absolute atomic E-state index is 0.552. The van der Waals surface area contributed by atoms with E-state index in [1.165, 1.54) is 0 Å². The van der Waals surface area contributed by atoms with Gasteiger partial charge in [-0.05, 0) is 39.1 Å². The van der Waals surface area contributed by atoms with Crippen LogP contribution < -0.4 is 4.90 Å². The van der Waals surface area contributed by atoms with Crippen LogP contribution >= 0.6 is 0 Å². The molecule has 4 heteroatoms. The molecule has 0 bridgehead atoms.